The van der Waals surface area contributed by atoms with Gasteiger partial charge in [-0.15, -0.1) is 13.2 Å². The molecule has 140 valence electrons. The molecular weight excluding hydrogens is 300 g/mol. The summed E-state index contributed by atoms with van der Waals surface area (Å²) in [4.78, 5) is 0. The van der Waals surface area contributed by atoms with Crippen molar-refractivity contribution < 1.29 is 0 Å². The Morgan fingerprint density at radius 3 is 1.04 bits per heavy atom. The Kier molecular flexibility index (Phi) is 13.7. The Bertz CT molecular complexity index is 565. The maximum atomic E-state index is 3.00. The minimum absolute atomic E-state index is 0.833. The molecule has 0 aliphatic heterocycles. The van der Waals surface area contributed by atoms with Gasteiger partial charge in [-0.1, -0.05) is 56.7 Å². The standard InChI is InChI=1S/C10H14.C9H12.C4H10.C2H4/c1-7-5-9(3)10(4)6-8(7)2;1-7-4-5-8(2)9(3)6-7;1-4(2)3;1-2/h5-6H,1-4H3;4-6H,1-3H3;4H,1-3H3;1-2H2. The number of aryl methyl sites for hydroxylation is 7. The van der Waals surface area contributed by atoms with Gasteiger partial charge in [0.25, 0.3) is 0 Å². The quantitative estimate of drug-likeness (QED) is 0.426. The Labute approximate surface area is 158 Å². The molecule has 2 aromatic rings. The van der Waals surface area contributed by atoms with Crippen molar-refractivity contribution in [3.8, 4) is 0 Å². The van der Waals surface area contributed by atoms with Gasteiger partial charge in [-0.05, 0) is 87.8 Å². The van der Waals surface area contributed by atoms with E-state index < -0.39 is 0 Å². The molecular formula is C25H40. The number of rotatable bonds is 0. The summed E-state index contributed by atoms with van der Waals surface area (Å²) in [5.74, 6) is 0.833. The molecule has 0 radical (unpaired) electrons. The van der Waals surface area contributed by atoms with Gasteiger partial charge in [0.2, 0.25) is 0 Å². The van der Waals surface area contributed by atoms with Crippen LogP contribution in [0.2, 0.25) is 0 Å². The molecule has 0 spiro atoms. The highest BCUT2D eigenvalue weighted by Gasteiger charge is 1.95. The first-order chi connectivity index (χ1) is 11.5. The molecule has 2 rings (SSSR count). The maximum Gasteiger partial charge on any atom is -0.0395 e. The van der Waals surface area contributed by atoms with Gasteiger partial charge in [0.15, 0.2) is 0 Å². The van der Waals surface area contributed by atoms with Crippen LogP contribution < -0.4 is 0 Å². The molecule has 0 nitrogen and oxygen atoms in total. The highest BCUT2D eigenvalue weighted by Crippen LogP contribution is 2.13. The topological polar surface area (TPSA) is 0 Å². The van der Waals surface area contributed by atoms with Crippen molar-refractivity contribution in [3.63, 3.8) is 0 Å². The minimum atomic E-state index is 0.833. The predicted octanol–water partition coefficient (Wildman–Crippen LogP) is 8.00. The van der Waals surface area contributed by atoms with Gasteiger partial charge in [-0.25, -0.2) is 0 Å². The predicted molar refractivity (Wildman–Crippen MR) is 118 cm³/mol. The van der Waals surface area contributed by atoms with Crippen LogP contribution in [0.3, 0.4) is 0 Å². The van der Waals surface area contributed by atoms with Crippen LogP contribution in [0, 0.1) is 54.4 Å². The monoisotopic (exact) mass is 340 g/mol. The zero-order valence-corrected chi connectivity index (χ0v) is 18.4. The lowest BCUT2D eigenvalue weighted by Crippen LogP contribution is -1.86. The van der Waals surface area contributed by atoms with Crippen LogP contribution in [0.15, 0.2) is 43.5 Å². The Hall–Kier alpha value is -1.82. The third-order valence-corrected chi connectivity index (χ3v) is 3.77. The van der Waals surface area contributed by atoms with Gasteiger partial charge in [0, 0.05) is 0 Å². The average Bonchev–Trinajstić information content (AvgIpc) is 2.51. The zero-order valence-electron chi connectivity index (χ0n) is 18.4. The molecule has 0 aliphatic carbocycles. The van der Waals surface area contributed by atoms with E-state index in [0.29, 0.717) is 0 Å². The van der Waals surface area contributed by atoms with E-state index in [2.05, 4.69) is 113 Å². The Morgan fingerprint density at radius 1 is 0.520 bits per heavy atom. The van der Waals surface area contributed by atoms with Crippen LogP contribution in [-0.4, -0.2) is 0 Å². The molecule has 0 amide bonds. The SMILES string of the molecule is C=C.CC(C)C.Cc1cc(C)c(C)cc1C.Cc1ccc(C)c(C)c1. The lowest BCUT2D eigenvalue weighted by molar-refractivity contribution is 0.737. The summed E-state index contributed by atoms with van der Waals surface area (Å²) in [6, 6.07) is 11.0. The molecule has 0 fully saturated rings. The van der Waals surface area contributed by atoms with Gasteiger partial charge in [-0.3, -0.25) is 0 Å². The Balaban J connectivity index is 0. The molecule has 0 unspecified atom stereocenters. The first-order valence-electron chi connectivity index (χ1n) is 9.12. The van der Waals surface area contributed by atoms with Crippen molar-refractivity contribution in [2.24, 2.45) is 5.92 Å². The normalized spacial score (nSPS) is 9.08. The van der Waals surface area contributed by atoms with Crippen LogP contribution in [-0.2, 0) is 0 Å². The third kappa shape index (κ3) is 12.2. The van der Waals surface area contributed by atoms with Crippen LogP contribution in [0.1, 0.15) is 59.7 Å². The molecule has 0 N–H and O–H groups in total. The second-order valence-corrected chi connectivity index (χ2v) is 7.34. The van der Waals surface area contributed by atoms with Crippen LogP contribution in [0.4, 0.5) is 0 Å². The van der Waals surface area contributed by atoms with Gasteiger partial charge < -0.3 is 0 Å². The molecule has 0 heteroatoms. The smallest absolute Gasteiger partial charge is 0.0395 e. The lowest BCUT2D eigenvalue weighted by atomic mass is 10.0. The van der Waals surface area contributed by atoms with Gasteiger partial charge >= 0.3 is 0 Å². The molecule has 0 saturated heterocycles. The Morgan fingerprint density at radius 2 is 0.800 bits per heavy atom. The molecule has 0 bridgehead atoms. The average molecular weight is 341 g/mol. The molecule has 0 aliphatic rings. The highest BCUT2D eigenvalue weighted by atomic mass is 14.0. The summed E-state index contributed by atoms with van der Waals surface area (Å²) < 4.78 is 0. The molecule has 0 heterocycles. The van der Waals surface area contributed by atoms with E-state index in [1.807, 2.05) is 0 Å². The summed E-state index contributed by atoms with van der Waals surface area (Å²) in [6.07, 6.45) is 0. The van der Waals surface area contributed by atoms with Gasteiger partial charge in [0.1, 0.15) is 0 Å². The van der Waals surface area contributed by atoms with Crippen LogP contribution >= 0.6 is 0 Å². The number of hydrogen-bond acceptors (Lipinski definition) is 0. The van der Waals surface area contributed by atoms with E-state index in [-0.39, 0.29) is 0 Å². The van der Waals surface area contributed by atoms with Gasteiger partial charge in [0.05, 0.1) is 0 Å². The van der Waals surface area contributed by atoms with Crippen molar-refractivity contribution in [1.29, 1.82) is 0 Å². The first kappa shape index (κ1) is 25.4. The summed E-state index contributed by atoms with van der Waals surface area (Å²) >= 11 is 0. The lowest BCUT2D eigenvalue weighted by Gasteiger charge is -2.04. The second-order valence-electron chi connectivity index (χ2n) is 7.34. The summed E-state index contributed by atoms with van der Waals surface area (Å²) in [5, 5.41) is 0. The van der Waals surface area contributed by atoms with Crippen LogP contribution in [0.25, 0.3) is 0 Å². The van der Waals surface area contributed by atoms with Crippen molar-refractivity contribution in [1.82, 2.24) is 0 Å². The number of hydrogen-bond donors (Lipinski definition) is 0. The fraction of sp³-hybridized carbons (Fsp3) is 0.440. The molecule has 0 atom stereocenters. The second kappa shape index (κ2) is 13.5. The number of benzene rings is 2. The van der Waals surface area contributed by atoms with Crippen molar-refractivity contribution in [2.75, 3.05) is 0 Å². The first-order valence-corrected chi connectivity index (χ1v) is 9.12. The van der Waals surface area contributed by atoms with E-state index in [1.54, 1.807) is 0 Å². The largest absolute Gasteiger partial charge is 0.106 e. The fourth-order valence-corrected chi connectivity index (χ4v) is 2.00. The maximum absolute atomic E-state index is 3.00. The van der Waals surface area contributed by atoms with E-state index >= 15 is 0 Å². The van der Waals surface area contributed by atoms with E-state index in [9.17, 15) is 0 Å². The molecule has 25 heavy (non-hydrogen) atoms. The fourth-order valence-electron chi connectivity index (χ4n) is 2.00. The van der Waals surface area contributed by atoms with E-state index in [0.717, 1.165) is 5.92 Å². The third-order valence-electron chi connectivity index (χ3n) is 3.77. The molecule has 2 aromatic carbocycles. The van der Waals surface area contributed by atoms with Crippen molar-refractivity contribution >= 4 is 0 Å². The molecule has 0 saturated carbocycles. The van der Waals surface area contributed by atoms with Crippen molar-refractivity contribution in [3.05, 3.63) is 82.4 Å². The summed E-state index contributed by atoms with van der Waals surface area (Å²) in [7, 11) is 0. The summed E-state index contributed by atoms with van der Waals surface area (Å²) in [5.41, 5.74) is 9.67. The van der Waals surface area contributed by atoms with E-state index in [1.165, 1.54) is 38.9 Å². The van der Waals surface area contributed by atoms with Crippen LogP contribution in [0.5, 0.6) is 0 Å². The van der Waals surface area contributed by atoms with Gasteiger partial charge in [-0.2, -0.15) is 0 Å². The highest BCUT2D eigenvalue weighted by molar-refractivity contribution is 5.35. The minimum Gasteiger partial charge on any atom is -0.106 e. The zero-order chi connectivity index (χ0) is 20.2. The van der Waals surface area contributed by atoms with E-state index in [4.69, 9.17) is 0 Å². The van der Waals surface area contributed by atoms with Crippen molar-refractivity contribution in [2.45, 2.75) is 69.2 Å². The summed E-state index contributed by atoms with van der Waals surface area (Å²) in [6.45, 7) is 27.5. The molecule has 0 aromatic heterocycles.